The Morgan fingerprint density at radius 3 is 2.24 bits per heavy atom. The van der Waals surface area contributed by atoms with Crippen molar-refractivity contribution in [2.24, 2.45) is 16.8 Å². The Morgan fingerprint density at radius 2 is 1.69 bits per heavy atom. The summed E-state index contributed by atoms with van der Waals surface area (Å²) in [6.45, 7) is 3.09. The number of urea groups is 1. The zero-order chi connectivity index (χ0) is 20.4. The molecule has 1 aromatic carbocycles. The van der Waals surface area contributed by atoms with Gasteiger partial charge in [-0.1, -0.05) is 23.9 Å². The lowest BCUT2D eigenvalue weighted by atomic mass is 9.84. The highest BCUT2D eigenvalue weighted by molar-refractivity contribution is 8.14. The summed E-state index contributed by atoms with van der Waals surface area (Å²) in [5.74, 6) is 2.44. The largest absolute Gasteiger partial charge is 0.338 e. The minimum absolute atomic E-state index is 0.0710. The van der Waals surface area contributed by atoms with Gasteiger partial charge in [-0.2, -0.15) is 0 Å². The number of hydrogen-bond donors (Lipinski definition) is 0. The summed E-state index contributed by atoms with van der Waals surface area (Å²) < 4.78 is 0. The fraction of sp³-hybridized carbons (Fsp3) is 0.591. The van der Waals surface area contributed by atoms with Crippen LogP contribution >= 0.6 is 11.8 Å². The average Bonchev–Trinajstić information content (AvgIpc) is 3.11. The highest BCUT2D eigenvalue weighted by atomic mass is 32.2. The monoisotopic (exact) mass is 414 g/mol. The third-order valence-corrected chi connectivity index (χ3v) is 7.35. The van der Waals surface area contributed by atoms with Crippen LogP contribution < -0.4 is 0 Å². The minimum atomic E-state index is -0.0710. The maximum atomic E-state index is 13.0. The van der Waals surface area contributed by atoms with E-state index in [1.807, 2.05) is 24.3 Å². The number of carbonyl (C=O) groups excluding carboxylic acids is 2. The molecule has 7 heteroatoms. The summed E-state index contributed by atoms with van der Waals surface area (Å²) in [5, 5.41) is 0.786. The van der Waals surface area contributed by atoms with Gasteiger partial charge in [0.2, 0.25) is 0 Å². The van der Waals surface area contributed by atoms with Gasteiger partial charge in [0.05, 0.1) is 6.54 Å². The van der Waals surface area contributed by atoms with Crippen LogP contribution in [0, 0.1) is 11.8 Å². The van der Waals surface area contributed by atoms with Gasteiger partial charge in [0, 0.05) is 45.0 Å². The summed E-state index contributed by atoms with van der Waals surface area (Å²) in [6.07, 6.45) is 5.08. The molecular formula is C22H30N4O2S. The van der Waals surface area contributed by atoms with E-state index >= 15 is 0 Å². The number of hydrogen-bond acceptors (Lipinski definition) is 4. The van der Waals surface area contributed by atoms with E-state index in [2.05, 4.69) is 9.89 Å². The molecule has 3 fully saturated rings. The zero-order valence-corrected chi connectivity index (χ0v) is 18.2. The van der Waals surface area contributed by atoms with E-state index in [0.29, 0.717) is 18.4 Å². The molecule has 3 heterocycles. The van der Waals surface area contributed by atoms with E-state index in [1.165, 1.54) is 25.7 Å². The Labute approximate surface area is 177 Å². The van der Waals surface area contributed by atoms with Gasteiger partial charge in [0.15, 0.2) is 5.17 Å². The van der Waals surface area contributed by atoms with Gasteiger partial charge >= 0.3 is 6.03 Å². The van der Waals surface area contributed by atoms with E-state index in [4.69, 9.17) is 0 Å². The number of nitrogens with zero attached hydrogens (tertiary/aromatic N) is 4. The Balaban J connectivity index is 1.36. The quantitative estimate of drug-likeness (QED) is 0.760. The molecule has 0 radical (unpaired) electrons. The summed E-state index contributed by atoms with van der Waals surface area (Å²) >= 11 is 1.61. The smallest absolute Gasteiger partial charge is 0.325 e. The molecule has 0 spiro atoms. The molecule has 0 N–H and O–H groups in total. The molecule has 29 heavy (non-hydrogen) atoms. The lowest BCUT2D eigenvalue weighted by Crippen LogP contribution is -2.40. The molecule has 2 bridgehead atoms. The number of aliphatic imine (C=N–C) groups is 1. The van der Waals surface area contributed by atoms with Crippen LogP contribution in [0.1, 0.15) is 41.6 Å². The Kier molecular flexibility index (Phi) is 6.13. The average molecular weight is 415 g/mol. The van der Waals surface area contributed by atoms with Crippen molar-refractivity contribution in [1.82, 2.24) is 14.7 Å². The first-order valence-electron chi connectivity index (χ1n) is 10.6. The van der Waals surface area contributed by atoms with Gasteiger partial charge in [-0.25, -0.2) is 4.79 Å². The summed E-state index contributed by atoms with van der Waals surface area (Å²) in [6, 6.07) is 7.67. The van der Waals surface area contributed by atoms with Crippen molar-refractivity contribution < 1.29 is 9.59 Å². The van der Waals surface area contributed by atoms with Crippen molar-refractivity contribution in [2.75, 3.05) is 39.5 Å². The molecule has 6 nitrogen and oxygen atoms in total. The Hall–Kier alpha value is -2.02. The van der Waals surface area contributed by atoms with Gasteiger partial charge in [-0.15, -0.1) is 0 Å². The molecular weight excluding hydrogens is 384 g/mol. The van der Waals surface area contributed by atoms with Crippen LogP contribution in [0.2, 0.25) is 0 Å². The minimum Gasteiger partial charge on any atom is -0.338 e. The molecule has 0 unspecified atom stereocenters. The SMILES string of the molecule is CN(Cc1ccc(C(=O)N2CC3CCC(CC3)C2)cc1)C(=O)N(C)C1=NCCS1. The van der Waals surface area contributed by atoms with Crippen molar-refractivity contribution in [3.63, 3.8) is 0 Å². The standard InChI is InChI=1S/C22H30N4O2S/c1-24(22(28)25(2)21-23-11-12-29-21)13-16-7-9-19(10-8-16)20(27)26-14-17-3-4-18(15-26)6-5-17/h7-10,17-18H,3-6,11-15H2,1-2H3. The van der Waals surface area contributed by atoms with Gasteiger partial charge < -0.3 is 9.80 Å². The van der Waals surface area contributed by atoms with E-state index in [-0.39, 0.29) is 11.9 Å². The van der Waals surface area contributed by atoms with Crippen molar-refractivity contribution in [2.45, 2.75) is 32.2 Å². The summed E-state index contributed by atoms with van der Waals surface area (Å²) in [7, 11) is 3.57. The van der Waals surface area contributed by atoms with Crippen LogP contribution in [0.4, 0.5) is 4.79 Å². The van der Waals surface area contributed by atoms with Crippen molar-refractivity contribution in [3.05, 3.63) is 35.4 Å². The maximum Gasteiger partial charge on any atom is 0.325 e. The Bertz CT molecular complexity index is 773. The number of amidine groups is 1. The number of thioether (sulfide) groups is 1. The van der Waals surface area contributed by atoms with E-state index < -0.39 is 0 Å². The molecule has 0 atom stereocenters. The first-order valence-corrected chi connectivity index (χ1v) is 11.5. The molecule has 2 saturated heterocycles. The first kappa shape index (κ1) is 20.3. The maximum absolute atomic E-state index is 13.0. The third kappa shape index (κ3) is 4.60. The number of fused-ring (bicyclic) bond motifs is 4. The number of amides is 3. The van der Waals surface area contributed by atoms with Crippen LogP contribution in [0.5, 0.6) is 0 Å². The topological polar surface area (TPSA) is 56.2 Å². The molecule has 156 valence electrons. The third-order valence-electron chi connectivity index (χ3n) is 6.30. The normalized spacial score (nSPS) is 23.5. The van der Waals surface area contributed by atoms with Crippen molar-refractivity contribution in [3.8, 4) is 0 Å². The number of benzene rings is 1. The highest BCUT2D eigenvalue weighted by Crippen LogP contribution is 2.34. The predicted molar refractivity (Wildman–Crippen MR) is 117 cm³/mol. The molecule has 0 aromatic heterocycles. The van der Waals surface area contributed by atoms with E-state index in [9.17, 15) is 9.59 Å². The van der Waals surface area contributed by atoms with Crippen molar-refractivity contribution >= 4 is 28.9 Å². The van der Waals surface area contributed by atoms with E-state index in [1.54, 1.807) is 35.7 Å². The van der Waals surface area contributed by atoms with Crippen LogP contribution in [-0.2, 0) is 6.54 Å². The van der Waals surface area contributed by atoms with Gasteiger partial charge in [0.1, 0.15) is 0 Å². The predicted octanol–water partition coefficient (Wildman–Crippen LogP) is 3.54. The molecule has 3 amide bonds. The number of carbonyl (C=O) groups is 2. The van der Waals surface area contributed by atoms with Crippen molar-refractivity contribution in [1.29, 1.82) is 0 Å². The second-order valence-electron chi connectivity index (χ2n) is 8.50. The molecule has 1 aromatic rings. The van der Waals surface area contributed by atoms with Gasteiger partial charge in [-0.3, -0.25) is 14.7 Å². The van der Waals surface area contributed by atoms with Crippen LogP contribution in [0.25, 0.3) is 0 Å². The zero-order valence-electron chi connectivity index (χ0n) is 17.3. The summed E-state index contributed by atoms with van der Waals surface area (Å²) in [5.41, 5.74) is 1.76. The van der Waals surface area contributed by atoms with Gasteiger partial charge in [0.25, 0.3) is 5.91 Å². The first-order chi connectivity index (χ1) is 14.0. The molecule has 3 aliphatic heterocycles. The molecule has 4 aliphatic rings. The summed E-state index contributed by atoms with van der Waals surface area (Å²) in [4.78, 5) is 35.3. The lowest BCUT2D eigenvalue weighted by molar-refractivity contribution is 0.0739. The molecule has 5 rings (SSSR count). The highest BCUT2D eigenvalue weighted by Gasteiger charge is 2.32. The second-order valence-corrected chi connectivity index (χ2v) is 9.57. The van der Waals surface area contributed by atoms with Crippen LogP contribution in [-0.4, -0.2) is 71.3 Å². The fourth-order valence-electron chi connectivity index (χ4n) is 4.60. The van der Waals surface area contributed by atoms with Gasteiger partial charge in [-0.05, 0) is 55.2 Å². The molecule has 1 aliphatic carbocycles. The van der Waals surface area contributed by atoms with Crippen LogP contribution in [0.3, 0.4) is 0 Å². The van der Waals surface area contributed by atoms with E-state index in [0.717, 1.165) is 41.7 Å². The number of rotatable bonds is 3. The Morgan fingerprint density at radius 1 is 1.07 bits per heavy atom. The second kappa shape index (κ2) is 8.78. The van der Waals surface area contributed by atoms with Crippen LogP contribution in [0.15, 0.2) is 29.3 Å². The fourth-order valence-corrected chi connectivity index (χ4v) is 5.42. The lowest BCUT2D eigenvalue weighted by Gasteiger charge is -2.25. The molecule has 1 saturated carbocycles.